The zero-order valence-corrected chi connectivity index (χ0v) is 9.03. The van der Waals surface area contributed by atoms with Crippen LogP contribution >= 0.6 is 0 Å². The number of hydrogen-bond donors (Lipinski definition) is 2. The number of nitrogens with zero attached hydrogens (tertiary/aromatic N) is 2. The van der Waals surface area contributed by atoms with Crippen molar-refractivity contribution in [2.45, 2.75) is 31.3 Å². The van der Waals surface area contributed by atoms with E-state index < -0.39 is 5.60 Å². The van der Waals surface area contributed by atoms with Gasteiger partial charge >= 0.3 is 0 Å². The van der Waals surface area contributed by atoms with Crippen molar-refractivity contribution in [3.05, 3.63) is 17.5 Å². The van der Waals surface area contributed by atoms with Gasteiger partial charge in [-0.05, 0) is 25.7 Å². The monoisotopic (exact) mass is 207 g/mol. The molecule has 15 heavy (non-hydrogen) atoms. The SMILES string of the molecule is Cn1cc2c(n1)CCC1(CC1)C2(O)CN. The Bertz CT molecular complexity index is 408. The molecule has 0 aromatic carbocycles. The molecule has 4 nitrogen and oxygen atoms in total. The molecule has 1 atom stereocenters. The maximum absolute atomic E-state index is 10.8. The Morgan fingerprint density at radius 2 is 2.27 bits per heavy atom. The smallest absolute Gasteiger partial charge is 0.111 e. The quantitative estimate of drug-likeness (QED) is 0.696. The van der Waals surface area contributed by atoms with Crippen molar-refractivity contribution in [1.29, 1.82) is 0 Å². The van der Waals surface area contributed by atoms with Crippen LogP contribution in [0.4, 0.5) is 0 Å². The summed E-state index contributed by atoms with van der Waals surface area (Å²) in [7, 11) is 1.90. The molecule has 3 N–H and O–H groups in total. The summed E-state index contributed by atoms with van der Waals surface area (Å²) >= 11 is 0. The first-order valence-corrected chi connectivity index (χ1v) is 5.57. The molecule has 1 unspecified atom stereocenters. The number of fused-ring (bicyclic) bond motifs is 1. The molecular formula is C11H17N3O. The molecule has 0 radical (unpaired) electrons. The molecule has 0 bridgehead atoms. The molecule has 2 aliphatic carbocycles. The van der Waals surface area contributed by atoms with Crippen LogP contribution in [0, 0.1) is 5.41 Å². The molecule has 1 heterocycles. The van der Waals surface area contributed by atoms with Crippen molar-refractivity contribution < 1.29 is 5.11 Å². The van der Waals surface area contributed by atoms with E-state index >= 15 is 0 Å². The van der Waals surface area contributed by atoms with Crippen LogP contribution in [0.1, 0.15) is 30.5 Å². The van der Waals surface area contributed by atoms with Crippen molar-refractivity contribution >= 4 is 0 Å². The van der Waals surface area contributed by atoms with Gasteiger partial charge in [-0.1, -0.05) is 0 Å². The average Bonchev–Trinajstić information content (AvgIpc) is 2.91. The Morgan fingerprint density at radius 1 is 1.53 bits per heavy atom. The van der Waals surface area contributed by atoms with Gasteiger partial charge < -0.3 is 10.8 Å². The molecule has 0 saturated heterocycles. The van der Waals surface area contributed by atoms with Gasteiger partial charge in [-0.25, -0.2) is 0 Å². The van der Waals surface area contributed by atoms with Crippen molar-refractivity contribution in [2.75, 3.05) is 6.54 Å². The molecule has 82 valence electrons. The van der Waals surface area contributed by atoms with Crippen LogP contribution in [-0.2, 0) is 19.1 Å². The average molecular weight is 207 g/mol. The third-order valence-electron chi connectivity index (χ3n) is 4.22. The minimum absolute atomic E-state index is 0.0672. The van der Waals surface area contributed by atoms with E-state index in [1.54, 1.807) is 4.68 Å². The fourth-order valence-electron chi connectivity index (χ4n) is 3.06. The first-order chi connectivity index (χ1) is 7.11. The fraction of sp³-hybridized carbons (Fsp3) is 0.727. The summed E-state index contributed by atoms with van der Waals surface area (Å²) in [5.41, 5.74) is 7.03. The Kier molecular flexibility index (Phi) is 1.64. The lowest BCUT2D eigenvalue weighted by molar-refractivity contribution is -0.0422. The Hall–Kier alpha value is -0.870. The Morgan fingerprint density at radius 3 is 2.87 bits per heavy atom. The topological polar surface area (TPSA) is 64.1 Å². The molecule has 1 spiro atoms. The molecule has 1 aromatic rings. The molecule has 2 aliphatic rings. The van der Waals surface area contributed by atoms with Crippen molar-refractivity contribution in [3.63, 3.8) is 0 Å². The number of aliphatic hydroxyl groups is 1. The molecule has 1 fully saturated rings. The van der Waals surface area contributed by atoms with Gasteiger partial charge in [0.2, 0.25) is 0 Å². The molecule has 1 aromatic heterocycles. The van der Waals surface area contributed by atoms with Gasteiger partial charge in [-0.3, -0.25) is 4.68 Å². The first kappa shape index (κ1) is 9.36. The highest BCUT2D eigenvalue weighted by atomic mass is 16.3. The molecule has 0 amide bonds. The summed E-state index contributed by atoms with van der Waals surface area (Å²) < 4.78 is 1.78. The summed E-state index contributed by atoms with van der Waals surface area (Å²) in [4.78, 5) is 0. The number of rotatable bonds is 1. The van der Waals surface area contributed by atoms with Gasteiger partial charge in [0, 0.05) is 30.8 Å². The fourth-order valence-corrected chi connectivity index (χ4v) is 3.06. The van der Waals surface area contributed by atoms with Gasteiger partial charge in [-0.15, -0.1) is 0 Å². The van der Waals surface area contributed by atoms with E-state index in [0.29, 0.717) is 6.54 Å². The van der Waals surface area contributed by atoms with Gasteiger partial charge in [0.15, 0.2) is 0 Å². The summed E-state index contributed by atoms with van der Waals surface area (Å²) in [5.74, 6) is 0. The third kappa shape index (κ3) is 1.01. The second-order valence-corrected chi connectivity index (χ2v) is 5.01. The highest BCUT2D eigenvalue weighted by molar-refractivity contribution is 5.34. The van der Waals surface area contributed by atoms with Crippen LogP contribution in [0.5, 0.6) is 0 Å². The van der Waals surface area contributed by atoms with E-state index in [0.717, 1.165) is 36.9 Å². The predicted molar refractivity (Wildman–Crippen MR) is 56.1 cm³/mol. The van der Waals surface area contributed by atoms with Crippen molar-refractivity contribution in [2.24, 2.45) is 18.2 Å². The number of hydrogen-bond acceptors (Lipinski definition) is 3. The molecular weight excluding hydrogens is 190 g/mol. The van der Waals surface area contributed by atoms with Crippen LogP contribution < -0.4 is 5.73 Å². The maximum atomic E-state index is 10.8. The van der Waals surface area contributed by atoms with E-state index in [1.165, 1.54) is 0 Å². The second kappa shape index (κ2) is 2.62. The molecule has 1 saturated carbocycles. The summed E-state index contributed by atoms with van der Waals surface area (Å²) in [6.45, 7) is 0.311. The van der Waals surface area contributed by atoms with Gasteiger partial charge in [0.05, 0.1) is 5.69 Å². The minimum atomic E-state index is -0.825. The Labute approximate surface area is 89.1 Å². The number of aryl methyl sites for hydroxylation is 2. The summed E-state index contributed by atoms with van der Waals surface area (Å²) in [6, 6.07) is 0. The van der Waals surface area contributed by atoms with Crippen LogP contribution in [0.3, 0.4) is 0 Å². The highest BCUT2D eigenvalue weighted by Gasteiger charge is 2.61. The van der Waals surface area contributed by atoms with E-state index in [9.17, 15) is 5.11 Å². The number of nitrogens with two attached hydrogens (primary N) is 1. The third-order valence-corrected chi connectivity index (χ3v) is 4.22. The van der Waals surface area contributed by atoms with Crippen LogP contribution in [0.2, 0.25) is 0 Å². The first-order valence-electron chi connectivity index (χ1n) is 5.57. The maximum Gasteiger partial charge on any atom is 0.111 e. The van der Waals surface area contributed by atoms with E-state index in [-0.39, 0.29) is 5.41 Å². The lowest BCUT2D eigenvalue weighted by Gasteiger charge is -2.39. The zero-order chi connectivity index (χ0) is 10.7. The normalized spacial score (nSPS) is 31.7. The molecule has 4 heteroatoms. The van der Waals surface area contributed by atoms with E-state index in [4.69, 9.17) is 5.73 Å². The standard InChI is InChI=1S/C11H17N3O/c1-14-6-8-9(13-14)2-3-10(4-5-10)11(8,15)7-12/h6,15H,2-5,7,12H2,1H3. The predicted octanol–water partition coefficient (Wildman–Crippen LogP) is 0.293. The van der Waals surface area contributed by atoms with E-state index in [2.05, 4.69) is 5.10 Å². The zero-order valence-electron chi connectivity index (χ0n) is 9.03. The van der Waals surface area contributed by atoms with Crippen LogP contribution in [0.25, 0.3) is 0 Å². The van der Waals surface area contributed by atoms with E-state index in [1.807, 2.05) is 13.2 Å². The minimum Gasteiger partial charge on any atom is -0.383 e. The highest BCUT2D eigenvalue weighted by Crippen LogP contribution is 2.63. The summed E-state index contributed by atoms with van der Waals surface area (Å²) in [6.07, 6.45) is 6.16. The van der Waals surface area contributed by atoms with Gasteiger partial charge in [-0.2, -0.15) is 5.10 Å². The summed E-state index contributed by atoms with van der Waals surface area (Å²) in [5, 5.41) is 15.1. The second-order valence-electron chi connectivity index (χ2n) is 5.01. The van der Waals surface area contributed by atoms with Crippen LogP contribution in [-0.4, -0.2) is 21.4 Å². The van der Waals surface area contributed by atoms with Crippen molar-refractivity contribution in [1.82, 2.24) is 9.78 Å². The molecule has 3 rings (SSSR count). The largest absolute Gasteiger partial charge is 0.383 e. The van der Waals surface area contributed by atoms with Crippen LogP contribution in [0.15, 0.2) is 6.20 Å². The number of aromatic nitrogens is 2. The lowest BCUT2D eigenvalue weighted by atomic mass is 9.71. The van der Waals surface area contributed by atoms with Gasteiger partial charge in [0.1, 0.15) is 5.60 Å². The van der Waals surface area contributed by atoms with Crippen molar-refractivity contribution in [3.8, 4) is 0 Å². The molecule has 0 aliphatic heterocycles. The Balaban J connectivity index is 2.15. The lowest BCUT2D eigenvalue weighted by Crippen LogP contribution is -2.46. The van der Waals surface area contributed by atoms with Gasteiger partial charge in [0.25, 0.3) is 0 Å².